The number of nitrogens with one attached hydrogen (secondary N) is 1. The van der Waals surface area contributed by atoms with Crippen LogP contribution in [-0.4, -0.2) is 44.7 Å². The number of aliphatic imine (C=N–C) groups is 1. The number of piperidine rings is 1. The molecule has 0 bridgehead atoms. The quantitative estimate of drug-likeness (QED) is 0.412. The minimum atomic E-state index is 0. The largest absolute Gasteiger partial charge is 0.493 e. The van der Waals surface area contributed by atoms with E-state index in [-0.39, 0.29) is 24.0 Å². The molecule has 0 aliphatic carbocycles. The van der Waals surface area contributed by atoms with Crippen molar-refractivity contribution in [1.82, 2.24) is 10.2 Å². The molecule has 1 N–H and O–H groups in total. The molecule has 25 heavy (non-hydrogen) atoms. The van der Waals surface area contributed by atoms with Gasteiger partial charge >= 0.3 is 0 Å². The normalized spacial score (nSPS) is 20.7. The van der Waals surface area contributed by atoms with Crippen molar-refractivity contribution in [2.75, 3.05) is 33.9 Å². The second-order valence-electron chi connectivity index (χ2n) is 6.67. The minimum Gasteiger partial charge on any atom is -0.493 e. The van der Waals surface area contributed by atoms with E-state index in [4.69, 9.17) is 9.47 Å². The monoisotopic (exact) mass is 461 g/mol. The van der Waals surface area contributed by atoms with E-state index in [0.29, 0.717) is 18.4 Å². The lowest BCUT2D eigenvalue weighted by molar-refractivity contribution is 0.208. The molecular formula is C19H32IN3O2. The molecule has 1 heterocycles. The Kier molecular flexibility index (Phi) is 9.38. The number of rotatable bonds is 5. The van der Waals surface area contributed by atoms with Crippen LogP contribution in [0.4, 0.5) is 0 Å². The van der Waals surface area contributed by atoms with Crippen LogP contribution in [0, 0.1) is 11.8 Å². The average molecular weight is 461 g/mol. The van der Waals surface area contributed by atoms with Crippen LogP contribution in [0.1, 0.15) is 32.8 Å². The molecule has 0 amide bonds. The second-order valence-corrected chi connectivity index (χ2v) is 6.67. The highest BCUT2D eigenvalue weighted by Gasteiger charge is 2.23. The Morgan fingerprint density at radius 2 is 1.92 bits per heavy atom. The van der Waals surface area contributed by atoms with E-state index in [2.05, 4.69) is 35.1 Å². The third-order valence-electron chi connectivity index (χ3n) is 4.36. The molecule has 2 rings (SSSR count). The number of hydrogen-bond acceptors (Lipinski definition) is 3. The molecule has 1 aliphatic rings. The van der Waals surface area contributed by atoms with Gasteiger partial charge in [-0.1, -0.05) is 19.9 Å². The summed E-state index contributed by atoms with van der Waals surface area (Å²) in [6.45, 7) is 10.1. The van der Waals surface area contributed by atoms with Crippen LogP contribution in [0.15, 0.2) is 23.2 Å². The number of hydrogen-bond donors (Lipinski definition) is 1. The van der Waals surface area contributed by atoms with Gasteiger partial charge in [-0.3, -0.25) is 4.99 Å². The van der Waals surface area contributed by atoms with Crippen LogP contribution in [-0.2, 0) is 6.54 Å². The Morgan fingerprint density at radius 3 is 2.48 bits per heavy atom. The molecular weight excluding hydrogens is 429 g/mol. The average Bonchev–Trinajstić information content (AvgIpc) is 2.55. The fourth-order valence-electron chi connectivity index (χ4n) is 3.45. The van der Waals surface area contributed by atoms with Gasteiger partial charge in [-0.15, -0.1) is 24.0 Å². The molecule has 1 fully saturated rings. The summed E-state index contributed by atoms with van der Waals surface area (Å²) in [6.07, 6.45) is 1.30. The molecule has 142 valence electrons. The van der Waals surface area contributed by atoms with Crippen molar-refractivity contribution in [3.8, 4) is 11.5 Å². The third-order valence-corrected chi connectivity index (χ3v) is 4.36. The zero-order valence-corrected chi connectivity index (χ0v) is 18.4. The first-order valence-electron chi connectivity index (χ1n) is 8.82. The highest BCUT2D eigenvalue weighted by atomic mass is 127. The van der Waals surface area contributed by atoms with Crippen molar-refractivity contribution >= 4 is 29.9 Å². The van der Waals surface area contributed by atoms with E-state index in [9.17, 15) is 0 Å². The number of guanidine groups is 1. The van der Waals surface area contributed by atoms with Crippen LogP contribution >= 0.6 is 24.0 Å². The predicted octanol–water partition coefficient (Wildman–Crippen LogP) is 3.77. The number of halogens is 1. The molecule has 1 aliphatic heterocycles. The van der Waals surface area contributed by atoms with Gasteiger partial charge < -0.3 is 19.7 Å². The number of nitrogens with zero attached hydrogens (tertiary/aromatic N) is 2. The molecule has 2 atom stereocenters. The molecule has 0 saturated carbocycles. The van der Waals surface area contributed by atoms with Crippen molar-refractivity contribution in [3.63, 3.8) is 0 Å². The Morgan fingerprint density at radius 1 is 1.24 bits per heavy atom. The van der Waals surface area contributed by atoms with Gasteiger partial charge in [0.05, 0.1) is 13.7 Å². The lowest BCUT2D eigenvalue weighted by Gasteiger charge is -2.37. The fourth-order valence-corrected chi connectivity index (χ4v) is 3.45. The maximum atomic E-state index is 5.65. The lowest BCUT2D eigenvalue weighted by Crippen LogP contribution is -2.48. The van der Waals surface area contributed by atoms with Crippen LogP contribution < -0.4 is 14.8 Å². The minimum absolute atomic E-state index is 0. The van der Waals surface area contributed by atoms with Crippen molar-refractivity contribution < 1.29 is 9.47 Å². The highest BCUT2D eigenvalue weighted by Crippen LogP contribution is 2.28. The van der Waals surface area contributed by atoms with Gasteiger partial charge in [0.2, 0.25) is 0 Å². The van der Waals surface area contributed by atoms with E-state index >= 15 is 0 Å². The van der Waals surface area contributed by atoms with E-state index < -0.39 is 0 Å². The Labute approximate surface area is 169 Å². The Hall–Kier alpha value is -1.18. The SMILES string of the molecule is CCOc1cc(CNC(=NC)N2CC(C)CC(C)C2)ccc1OC.I. The first-order chi connectivity index (χ1) is 11.6. The standard InChI is InChI=1S/C19H31N3O2.HI/c1-6-24-18-10-16(7-8-17(18)23-5)11-21-19(20-4)22-12-14(2)9-15(3)13-22;/h7-8,10,14-15H,6,9,11-13H2,1-5H3,(H,20,21);1H. The van der Waals surface area contributed by atoms with Gasteiger partial charge in [-0.05, 0) is 42.9 Å². The zero-order valence-electron chi connectivity index (χ0n) is 16.0. The number of methoxy groups -OCH3 is 1. The molecule has 6 heteroatoms. The van der Waals surface area contributed by atoms with Crippen LogP contribution in [0.3, 0.4) is 0 Å². The van der Waals surface area contributed by atoms with Gasteiger partial charge in [-0.25, -0.2) is 0 Å². The maximum Gasteiger partial charge on any atom is 0.193 e. The highest BCUT2D eigenvalue weighted by molar-refractivity contribution is 14.0. The van der Waals surface area contributed by atoms with Gasteiger partial charge in [0.15, 0.2) is 17.5 Å². The van der Waals surface area contributed by atoms with Crippen molar-refractivity contribution in [2.24, 2.45) is 16.8 Å². The first-order valence-corrected chi connectivity index (χ1v) is 8.82. The molecule has 5 nitrogen and oxygen atoms in total. The predicted molar refractivity (Wildman–Crippen MR) is 114 cm³/mol. The Bertz CT molecular complexity index is 556. The van der Waals surface area contributed by atoms with Crippen molar-refractivity contribution in [2.45, 2.75) is 33.7 Å². The third kappa shape index (κ3) is 6.24. The molecule has 0 radical (unpaired) electrons. The summed E-state index contributed by atoms with van der Waals surface area (Å²) < 4.78 is 11.0. The zero-order chi connectivity index (χ0) is 17.5. The van der Waals surface area contributed by atoms with Gasteiger partial charge in [0.25, 0.3) is 0 Å². The van der Waals surface area contributed by atoms with E-state index in [1.54, 1.807) is 7.11 Å². The van der Waals surface area contributed by atoms with Gasteiger partial charge in [0, 0.05) is 26.7 Å². The number of benzene rings is 1. The molecule has 1 aromatic carbocycles. The number of ether oxygens (including phenoxy) is 2. The first kappa shape index (κ1) is 21.9. The van der Waals surface area contributed by atoms with Gasteiger partial charge in [-0.2, -0.15) is 0 Å². The Balaban J connectivity index is 0.00000312. The molecule has 1 saturated heterocycles. The summed E-state index contributed by atoms with van der Waals surface area (Å²) in [7, 11) is 3.52. The van der Waals surface area contributed by atoms with Crippen molar-refractivity contribution in [3.05, 3.63) is 23.8 Å². The topological polar surface area (TPSA) is 46.1 Å². The molecule has 0 spiro atoms. The fraction of sp³-hybridized carbons (Fsp3) is 0.632. The maximum absolute atomic E-state index is 5.65. The smallest absolute Gasteiger partial charge is 0.193 e. The van der Waals surface area contributed by atoms with E-state index in [1.807, 2.05) is 26.1 Å². The lowest BCUT2D eigenvalue weighted by atomic mass is 9.92. The molecule has 2 unspecified atom stereocenters. The van der Waals surface area contributed by atoms with Gasteiger partial charge in [0.1, 0.15) is 0 Å². The van der Waals surface area contributed by atoms with Crippen LogP contribution in [0.2, 0.25) is 0 Å². The summed E-state index contributed by atoms with van der Waals surface area (Å²) in [5.41, 5.74) is 1.15. The summed E-state index contributed by atoms with van der Waals surface area (Å²) in [6, 6.07) is 6.04. The second kappa shape index (κ2) is 10.7. The molecule has 0 aromatic heterocycles. The van der Waals surface area contributed by atoms with E-state index in [1.165, 1.54) is 6.42 Å². The van der Waals surface area contributed by atoms with Crippen molar-refractivity contribution in [1.29, 1.82) is 0 Å². The van der Waals surface area contributed by atoms with Crippen LogP contribution in [0.5, 0.6) is 11.5 Å². The molecule has 1 aromatic rings. The van der Waals surface area contributed by atoms with Crippen LogP contribution in [0.25, 0.3) is 0 Å². The number of likely N-dealkylation sites (tertiary alicyclic amines) is 1. The summed E-state index contributed by atoms with van der Waals surface area (Å²) >= 11 is 0. The summed E-state index contributed by atoms with van der Waals surface area (Å²) in [5.74, 6) is 3.94. The summed E-state index contributed by atoms with van der Waals surface area (Å²) in [4.78, 5) is 6.83. The summed E-state index contributed by atoms with van der Waals surface area (Å²) in [5, 5.41) is 3.48. The van der Waals surface area contributed by atoms with E-state index in [0.717, 1.165) is 42.7 Å².